The van der Waals surface area contributed by atoms with Crippen LogP contribution < -0.4 is 0 Å². The Kier molecular flexibility index (Phi) is 5.26. The molecule has 4 atom stereocenters. The van der Waals surface area contributed by atoms with Gasteiger partial charge in [-0.2, -0.15) is 0 Å². The fourth-order valence-corrected chi connectivity index (χ4v) is 7.13. The number of thiophene rings is 2. The number of hydrogen-bond donors (Lipinski definition) is 0. The van der Waals surface area contributed by atoms with E-state index >= 15 is 0 Å². The van der Waals surface area contributed by atoms with Gasteiger partial charge in [-0.05, 0) is 63.8 Å². The summed E-state index contributed by atoms with van der Waals surface area (Å²) in [6.45, 7) is 5.82. The molecule has 2 aliphatic carbocycles. The smallest absolute Gasteiger partial charge is 0.226 e. The fourth-order valence-electron chi connectivity index (χ4n) is 5.02. The summed E-state index contributed by atoms with van der Waals surface area (Å²) in [5, 5.41) is 0. The van der Waals surface area contributed by atoms with Crippen LogP contribution in [0, 0.1) is 25.7 Å². The first-order valence-corrected chi connectivity index (χ1v) is 12.7. The molecular weight excluding hydrogens is 412 g/mol. The highest BCUT2D eigenvalue weighted by molar-refractivity contribution is 7.12. The Morgan fingerprint density at radius 2 is 1.43 bits per heavy atom. The first-order valence-electron chi connectivity index (χ1n) is 11.1. The van der Waals surface area contributed by atoms with Crippen molar-refractivity contribution in [1.29, 1.82) is 0 Å². The lowest BCUT2D eigenvalue weighted by Gasteiger charge is -2.37. The lowest BCUT2D eigenvalue weighted by Crippen LogP contribution is -2.48. The molecule has 30 heavy (non-hydrogen) atoms. The second-order valence-electron chi connectivity index (χ2n) is 9.30. The molecule has 3 fully saturated rings. The third-order valence-electron chi connectivity index (χ3n) is 7.14. The first kappa shape index (κ1) is 20.3. The van der Waals surface area contributed by atoms with Crippen molar-refractivity contribution in [2.45, 2.75) is 57.4 Å². The number of amides is 2. The molecule has 2 aromatic heterocycles. The number of piperidine rings is 1. The molecule has 0 radical (unpaired) electrons. The van der Waals surface area contributed by atoms with Crippen molar-refractivity contribution < 1.29 is 9.59 Å². The minimum Gasteiger partial charge on any atom is -0.342 e. The minimum absolute atomic E-state index is 0.161. The predicted molar refractivity (Wildman–Crippen MR) is 122 cm³/mol. The summed E-state index contributed by atoms with van der Waals surface area (Å²) in [6, 6.07) is 8.95. The lowest BCUT2D eigenvalue weighted by atomic mass is 10.0. The predicted octanol–water partition coefficient (Wildman–Crippen LogP) is 4.78. The number of nitrogens with zero attached hydrogens (tertiary/aromatic N) is 2. The summed E-state index contributed by atoms with van der Waals surface area (Å²) < 4.78 is 0. The van der Waals surface area contributed by atoms with E-state index in [2.05, 4.69) is 38.1 Å². The third kappa shape index (κ3) is 3.84. The van der Waals surface area contributed by atoms with Gasteiger partial charge in [0.15, 0.2) is 0 Å². The third-order valence-corrected chi connectivity index (χ3v) is 9.41. The molecule has 5 rings (SSSR count). The highest BCUT2D eigenvalue weighted by atomic mass is 32.1. The molecule has 0 aromatic carbocycles. The Bertz CT molecular complexity index is 956. The van der Waals surface area contributed by atoms with Gasteiger partial charge in [0.05, 0.1) is 0 Å². The van der Waals surface area contributed by atoms with Crippen LogP contribution in [0.4, 0.5) is 0 Å². The van der Waals surface area contributed by atoms with Gasteiger partial charge in [-0.25, -0.2) is 0 Å². The molecule has 4 nitrogen and oxygen atoms in total. The van der Waals surface area contributed by atoms with Gasteiger partial charge in [0.2, 0.25) is 11.8 Å². The van der Waals surface area contributed by atoms with Crippen molar-refractivity contribution in [3.63, 3.8) is 0 Å². The number of carbonyl (C=O) groups is 2. The van der Waals surface area contributed by atoms with Crippen molar-refractivity contribution in [3.8, 4) is 0 Å². The van der Waals surface area contributed by atoms with Crippen LogP contribution in [0.15, 0.2) is 24.3 Å². The van der Waals surface area contributed by atoms with Crippen LogP contribution in [0.25, 0.3) is 0 Å². The largest absolute Gasteiger partial charge is 0.342 e. The molecule has 2 saturated carbocycles. The van der Waals surface area contributed by atoms with Gasteiger partial charge in [0.25, 0.3) is 0 Å². The summed E-state index contributed by atoms with van der Waals surface area (Å²) in [7, 11) is 1.97. The topological polar surface area (TPSA) is 40.6 Å². The average molecular weight is 443 g/mol. The molecular formula is C24H30N2O2S2. The monoisotopic (exact) mass is 442 g/mol. The van der Waals surface area contributed by atoms with Crippen LogP contribution in [0.1, 0.15) is 57.0 Å². The maximum Gasteiger partial charge on any atom is 0.226 e. The molecule has 2 aromatic rings. The Labute approximate surface area is 186 Å². The standard InChI is InChI=1S/C24H30N2O2S2/c1-14-4-6-21(29-14)17-12-19(17)23(27)25(3)16-8-10-26(11-9-16)24(28)20-13-18(20)22-7-5-15(2)30-22/h4-7,16-20H,8-13H2,1-3H3/t17-,18-,19-,20+/m1/s1. The van der Waals surface area contributed by atoms with Crippen LogP contribution in [0.2, 0.25) is 0 Å². The van der Waals surface area contributed by atoms with Crippen LogP contribution in [0.3, 0.4) is 0 Å². The van der Waals surface area contributed by atoms with E-state index in [9.17, 15) is 9.59 Å². The Balaban J connectivity index is 1.11. The second kappa shape index (κ2) is 7.79. The number of rotatable bonds is 5. The van der Waals surface area contributed by atoms with Gasteiger partial charge < -0.3 is 9.80 Å². The van der Waals surface area contributed by atoms with Crippen LogP contribution in [-0.4, -0.2) is 47.8 Å². The second-order valence-corrected chi connectivity index (χ2v) is 11.9. The van der Waals surface area contributed by atoms with Crippen LogP contribution >= 0.6 is 22.7 Å². The van der Waals surface area contributed by atoms with Crippen molar-refractivity contribution in [2.75, 3.05) is 20.1 Å². The van der Waals surface area contributed by atoms with E-state index in [0.29, 0.717) is 23.7 Å². The van der Waals surface area contributed by atoms with Gasteiger partial charge in [-0.1, -0.05) is 0 Å². The van der Waals surface area contributed by atoms with E-state index in [-0.39, 0.29) is 17.9 Å². The molecule has 1 aliphatic heterocycles. The van der Waals surface area contributed by atoms with E-state index in [1.807, 2.05) is 39.5 Å². The van der Waals surface area contributed by atoms with Gasteiger partial charge >= 0.3 is 0 Å². The SMILES string of the molecule is Cc1ccc([C@@H]2C[C@@H]2C(=O)N2CCC(N(C)C(=O)[C@@H]3C[C@H]3c3ccc(C)s3)CC2)s1. The van der Waals surface area contributed by atoms with Crippen molar-refractivity contribution in [2.24, 2.45) is 11.8 Å². The van der Waals surface area contributed by atoms with Crippen molar-refractivity contribution in [3.05, 3.63) is 43.8 Å². The Morgan fingerprint density at radius 3 is 1.97 bits per heavy atom. The highest BCUT2D eigenvalue weighted by Gasteiger charge is 2.48. The zero-order valence-electron chi connectivity index (χ0n) is 18.0. The molecule has 3 heterocycles. The average Bonchev–Trinajstić information content (AvgIpc) is 3.64. The van der Waals surface area contributed by atoms with Crippen LogP contribution in [-0.2, 0) is 9.59 Å². The molecule has 0 N–H and O–H groups in total. The van der Waals surface area contributed by atoms with Gasteiger partial charge in [-0.15, -0.1) is 22.7 Å². The zero-order valence-corrected chi connectivity index (χ0v) is 19.6. The molecule has 3 aliphatic rings. The number of likely N-dealkylation sites (tertiary alicyclic amines) is 1. The molecule has 1 saturated heterocycles. The van der Waals surface area contributed by atoms with E-state index in [1.54, 1.807) is 0 Å². The normalized spacial score (nSPS) is 28.4. The minimum atomic E-state index is 0.161. The zero-order chi connectivity index (χ0) is 21.0. The summed E-state index contributed by atoms with van der Waals surface area (Å²) in [6.07, 6.45) is 3.80. The molecule has 0 bridgehead atoms. The van der Waals surface area contributed by atoms with E-state index in [4.69, 9.17) is 0 Å². The molecule has 0 spiro atoms. The summed E-state index contributed by atoms with van der Waals surface area (Å²) in [5.74, 6) is 1.83. The molecule has 160 valence electrons. The van der Waals surface area contributed by atoms with Crippen LogP contribution in [0.5, 0.6) is 0 Å². The van der Waals surface area contributed by atoms with E-state index in [1.165, 1.54) is 19.5 Å². The maximum atomic E-state index is 13.0. The van der Waals surface area contributed by atoms with E-state index < -0.39 is 0 Å². The number of hydrogen-bond acceptors (Lipinski definition) is 4. The molecule has 0 unspecified atom stereocenters. The quantitative estimate of drug-likeness (QED) is 0.668. The van der Waals surface area contributed by atoms with Gasteiger partial charge in [0.1, 0.15) is 0 Å². The first-order chi connectivity index (χ1) is 14.4. The molecule has 6 heteroatoms. The van der Waals surface area contributed by atoms with E-state index in [0.717, 1.165) is 38.8 Å². The highest BCUT2D eigenvalue weighted by Crippen LogP contribution is 2.52. The van der Waals surface area contributed by atoms with Gasteiger partial charge in [0, 0.05) is 69.4 Å². The fraction of sp³-hybridized carbons (Fsp3) is 0.583. The Hall–Kier alpha value is -1.66. The Morgan fingerprint density at radius 1 is 0.900 bits per heavy atom. The lowest BCUT2D eigenvalue weighted by molar-refractivity contribution is -0.137. The van der Waals surface area contributed by atoms with Gasteiger partial charge in [-0.3, -0.25) is 9.59 Å². The maximum absolute atomic E-state index is 13.0. The van der Waals surface area contributed by atoms with Crippen molar-refractivity contribution in [1.82, 2.24) is 9.80 Å². The summed E-state index contributed by atoms with van der Waals surface area (Å²) in [4.78, 5) is 35.3. The van der Waals surface area contributed by atoms with Crippen molar-refractivity contribution >= 4 is 34.5 Å². The number of aryl methyl sites for hydroxylation is 2. The number of carbonyl (C=O) groups excluding carboxylic acids is 2. The summed E-state index contributed by atoms with van der Waals surface area (Å²) in [5.41, 5.74) is 0. The molecule has 2 amide bonds. The summed E-state index contributed by atoms with van der Waals surface area (Å²) >= 11 is 3.65.